The summed E-state index contributed by atoms with van der Waals surface area (Å²) in [7, 11) is 0.769. The summed E-state index contributed by atoms with van der Waals surface area (Å²) < 4.78 is 58.2. The number of ether oxygens (including phenoxy) is 1. The normalized spacial score (nSPS) is 12.1. The minimum atomic E-state index is -1.97. The molecule has 0 amide bonds. The van der Waals surface area contributed by atoms with Crippen molar-refractivity contribution in [2.45, 2.75) is 12.5 Å². The number of halogens is 4. The molecule has 0 aromatic heterocycles. The van der Waals surface area contributed by atoms with Crippen LogP contribution >= 0.6 is 0 Å². The number of hydrogen-bond acceptors (Lipinski definition) is 4. The second kappa shape index (κ2) is 5.87. The van der Waals surface area contributed by atoms with Crippen molar-refractivity contribution >= 4 is 11.9 Å². The zero-order valence-electron chi connectivity index (χ0n) is 10.0. The van der Waals surface area contributed by atoms with E-state index in [2.05, 4.69) is 4.74 Å². The van der Waals surface area contributed by atoms with Gasteiger partial charge in [0.25, 0.3) is 0 Å². The third-order valence-electron chi connectivity index (χ3n) is 2.49. The molecule has 0 heterocycles. The fourth-order valence-corrected chi connectivity index (χ4v) is 1.44. The van der Waals surface area contributed by atoms with Crippen LogP contribution in [0.5, 0.6) is 0 Å². The first kappa shape index (κ1) is 15.9. The Balaban J connectivity index is 3.44. The van der Waals surface area contributed by atoms with Crippen LogP contribution in [-0.2, 0) is 16.0 Å². The van der Waals surface area contributed by atoms with Crippen LogP contribution in [0.3, 0.4) is 0 Å². The molecule has 3 N–H and O–H groups in total. The third-order valence-corrected chi connectivity index (χ3v) is 2.49. The number of carboxylic acids is 1. The number of carboxylic acid groups (broad SMARTS) is 1. The Bertz CT molecular complexity index is 547. The lowest BCUT2D eigenvalue weighted by Crippen LogP contribution is -2.33. The zero-order valence-corrected chi connectivity index (χ0v) is 10.0. The average molecular weight is 295 g/mol. The number of carbonyl (C=O) groups is 2. The smallest absolute Gasteiger partial charge is 0.344 e. The predicted molar refractivity (Wildman–Crippen MR) is 56.9 cm³/mol. The lowest BCUT2D eigenvalue weighted by atomic mass is 10.0. The highest BCUT2D eigenvalue weighted by Gasteiger charge is 2.31. The van der Waals surface area contributed by atoms with Gasteiger partial charge in [-0.1, -0.05) is 0 Å². The van der Waals surface area contributed by atoms with Crippen LogP contribution in [0.15, 0.2) is 0 Å². The maximum atomic E-state index is 13.6. The highest BCUT2D eigenvalue weighted by Crippen LogP contribution is 2.25. The molecule has 1 aromatic rings. The van der Waals surface area contributed by atoms with Gasteiger partial charge in [0.05, 0.1) is 7.11 Å². The number of carbonyl (C=O) groups excluding carboxylic acids is 1. The van der Waals surface area contributed by atoms with E-state index in [-0.39, 0.29) is 0 Å². The molecule has 1 rings (SSSR count). The van der Waals surface area contributed by atoms with Crippen molar-refractivity contribution in [1.82, 2.24) is 0 Å². The lowest BCUT2D eigenvalue weighted by Gasteiger charge is -2.12. The van der Waals surface area contributed by atoms with Gasteiger partial charge in [0.1, 0.15) is 11.6 Å². The van der Waals surface area contributed by atoms with Gasteiger partial charge in [-0.05, 0) is 0 Å². The second-order valence-electron chi connectivity index (χ2n) is 3.75. The highest BCUT2D eigenvalue weighted by atomic mass is 19.2. The summed E-state index contributed by atoms with van der Waals surface area (Å²) in [5.41, 5.74) is 2.32. The van der Waals surface area contributed by atoms with Crippen molar-refractivity contribution in [3.05, 3.63) is 34.4 Å². The van der Waals surface area contributed by atoms with Gasteiger partial charge in [-0.15, -0.1) is 0 Å². The van der Waals surface area contributed by atoms with Crippen molar-refractivity contribution in [2.75, 3.05) is 7.11 Å². The van der Waals surface area contributed by atoms with Crippen LogP contribution in [0.25, 0.3) is 0 Å². The van der Waals surface area contributed by atoms with E-state index < -0.39 is 58.8 Å². The second-order valence-corrected chi connectivity index (χ2v) is 3.75. The maximum Gasteiger partial charge on any atom is 0.344 e. The molecule has 1 atom stereocenters. The number of hydrogen-bond donors (Lipinski definition) is 2. The summed E-state index contributed by atoms with van der Waals surface area (Å²) in [4.78, 5) is 21.5. The number of methoxy groups -OCH3 is 1. The topological polar surface area (TPSA) is 89.6 Å². The molecule has 0 aliphatic rings. The maximum absolute atomic E-state index is 13.6. The quantitative estimate of drug-likeness (QED) is 0.491. The molecule has 20 heavy (non-hydrogen) atoms. The molecule has 0 saturated heterocycles. The van der Waals surface area contributed by atoms with E-state index in [1.807, 2.05) is 0 Å². The molecule has 1 aromatic carbocycles. The van der Waals surface area contributed by atoms with Crippen molar-refractivity contribution in [3.8, 4) is 0 Å². The van der Waals surface area contributed by atoms with Crippen LogP contribution in [0.1, 0.15) is 15.9 Å². The van der Waals surface area contributed by atoms with E-state index in [0.29, 0.717) is 0 Å². The van der Waals surface area contributed by atoms with E-state index in [4.69, 9.17) is 10.8 Å². The summed E-state index contributed by atoms with van der Waals surface area (Å²) in [5.74, 6) is -10.9. The third kappa shape index (κ3) is 2.72. The van der Waals surface area contributed by atoms with Crippen LogP contribution in [0.2, 0.25) is 0 Å². The molecule has 5 nitrogen and oxygen atoms in total. The SMILES string of the molecule is COC(=O)c1c(F)c(F)c(CC(N)C(=O)O)c(F)c1F. The summed E-state index contributed by atoms with van der Waals surface area (Å²) >= 11 is 0. The number of nitrogens with two attached hydrogens (primary N) is 1. The molecule has 0 fully saturated rings. The minimum absolute atomic E-state index is 0.769. The highest BCUT2D eigenvalue weighted by molar-refractivity contribution is 5.90. The minimum Gasteiger partial charge on any atom is -0.480 e. The first-order chi connectivity index (χ1) is 9.22. The molecule has 9 heteroatoms. The Morgan fingerprint density at radius 1 is 1.15 bits per heavy atom. The van der Waals surface area contributed by atoms with Gasteiger partial charge in [-0.3, -0.25) is 4.79 Å². The molecule has 0 saturated carbocycles. The zero-order chi connectivity index (χ0) is 15.6. The standard InChI is InChI=1S/C11H9F4NO4/c1-20-11(19)5-8(14)6(12)3(7(13)9(5)15)2-4(16)10(17)18/h4H,2,16H2,1H3,(H,17,18). The van der Waals surface area contributed by atoms with E-state index in [1.54, 1.807) is 0 Å². The molecular formula is C11H9F4NO4. The van der Waals surface area contributed by atoms with Crippen molar-refractivity contribution in [3.63, 3.8) is 0 Å². The first-order valence-electron chi connectivity index (χ1n) is 5.13. The summed E-state index contributed by atoms with van der Waals surface area (Å²) in [5, 5.41) is 8.51. The van der Waals surface area contributed by atoms with Crippen LogP contribution in [0, 0.1) is 23.3 Å². The summed E-state index contributed by atoms with van der Waals surface area (Å²) in [6.45, 7) is 0. The lowest BCUT2D eigenvalue weighted by molar-refractivity contribution is -0.138. The summed E-state index contributed by atoms with van der Waals surface area (Å²) in [6, 6.07) is -1.76. The van der Waals surface area contributed by atoms with Gasteiger partial charge >= 0.3 is 11.9 Å². The molecule has 0 radical (unpaired) electrons. The Kier molecular flexibility index (Phi) is 4.66. The monoisotopic (exact) mass is 295 g/mol. The predicted octanol–water partition coefficient (Wildman–Crippen LogP) is 0.984. The fourth-order valence-electron chi connectivity index (χ4n) is 1.44. The first-order valence-corrected chi connectivity index (χ1v) is 5.13. The van der Waals surface area contributed by atoms with Crippen molar-refractivity contribution in [2.24, 2.45) is 5.73 Å². The molecule has 0 bridgehead atoms. The van der Waals surface area contributed by atoms with Gasteiger partial charge in [0.2, 0.25) is 0 Å². The molecule has 0 aliphatic carbocycles. The summed E-state index contributed by atoms with van der Waals surface area (Å²) in [6.07, 6.45) is -0.984. The van der Waals surface area contributed by atoms with Gasteiger partial charge in [0, 0.05) is 12.0 Å². The van der Waals surface area contributed by atoms with Crippen molar-refractivity contribution in [1.29, 1.82) is 0 Å². The van der Waals surface area contributed by atoms with E-state index in [9.17, 15) is 27.2 Å². The number of rotatable bonds is 4. The van der Waals surface area contributed by atoms with Gasteiger partial charge in [-0.2, -0.15) is 0 Å². The van der Waals surface area contributed by atoms with Crippen LogP contribution in [0.4, 0.5) is 17.6 Å². The van der Waals surface area contributed by atoms with E-state index in [0.717, 1.165) is 7.11 Å². The Labute approximate surface area is 109 Å². The Morgan fingerprint density at radius 2 is 1.60 bits per heavy atom. The fraction of sp³-hybridized carbons (Fsp3) is 0.273. The number of esters is 1. The van der Waals surface area contributed by atoms with Crippen molar-refractivity contribution < 1.29 is 37.0 Å². The Hall–Kier alpha value is -2.16. The molecule has 110 valence electrons. The molecule has 0 aliphatic heterocycles. The van der Waals surface area contributed by atoms with Gasteiger partial charge in [0.15, 0.2) is 23.3 Å². The Morgan fingerprint density at radius 3 is 1.95 bits per heavy atom. The van der Waals surface area contributed by atoms with Gasteiger partial charge < -0.3 is 15.6 Å². The number of aliphatic carboxylic acids is 1. The van der Waals surface area contributed by atoms with Crippen LogP contribution < -0.4 is 5.73 Å². The molecular weight excluding hydrogens is 286 g/mol. The van der Waals surface area contributed by atoms with Gasteiger partial charge in [-0.25, -0.2) is 22.4 Å². The van der Waals surface area contributed by atoms with E-state index in [1.165, 1.54) is 0 Å². The molecule has 0 spiro atoms. The van der Waals surface area contributed by atoms with E-state index >= 15 is 0 Å². The molecule has 1 unspecified atom stereocenters. The number of benzene rings is 1. The average Bonchev–Trinajstić information content (AvgIpc) is 2.40. The van der Waals surface area contributed by atoms with Crippen LogP contribution in [-0.4, -0.2) is 30.2 Å². The largest absolute Gasteiger partial charge is 0.480 e.